The van der Waals surface area contributed by atoms with Gasteiger partial charge >= 0.3 is 0 Å². The van der Waals surface area contributed by atoms with Gasteiger partial charge in [-0.15, -0.1) is 0 Å². The van der Waals surface area contributed by atoms with Crippen LogP contribution in [0.15, 0.2) is 11.6 Å². The molecule has 0 N–H and O–H groups in total. The molecule has 0 aliphatic rings. The fourth-order valence-corrected chi connectivity index (χ4v) is 1.27. The van der Waals surface area contributed by atoms with Gasteiger partial charge in [-0.25, -0.2) is 0 Å². The van der Waals surface area contributed by atoms with E-state index in [-0.39, 0.29) is 0 Å². The van der Waals surface area contributed by atoms with E-state index >= 15 is 0 Å². The summed E-state index contributed by atoms with van der Waals surface area (Å²) in [5.41, 5.74) is 1.57. The zero-order valence-corrected chi connectivity index (χ0v) is 8.53. The van der Waals surface area contributed by atoms with Gasteiger partial charge in [0.2, 0.25) is 0 Å². The van der Waals surface area contributed by atoms with Gasteiger partial charge in [-0.05, 0) is 6.54 Å². The molecule has 0 fully saturated rings. The number of halogens is 2. The van der Waals surface area contributed by atoms with E-state index in [0.717, 1.165) is 25.0 Å². The normalized spacial score (nSPS) is 11.6. The van der Waals surface area contributed by atoms with Crippen LogP contribution in [0.2, 0.25) is 0 Å². The van der Waals surface area contributed by atoms with Crippen LogP contribution in [0.1, 0.15) is 6.92 Å². The van der Waals surface area contributed by atoms with E-state index in [9.17, 15) is 0 Å². The summed E-state index contributed by atoms with van der Waals surface area (Å²) in [6.45, 7) is 5.25. The van der Waals surface area contributed by atoms with Gasteiger partial charge in [-0.3, -0.25) is 4.90 Å². The molecule has 0 aromatic heterocycles. The lowest BCUT2D eigenvalue weighted by molar-refractivity contribution is 0.341. The van der Waals surface area contributed by atoms with Crippen LogP contribution in [0.25, 0.3) is 0 Å². The lowest BCUT2D eigenvalue weighted by Crippen LogP contribution is -2.25. The summed E-state index contributed by atoms with van der Waals surface area (Å²) in [6, 6.07) is 0. The smallest absolute Gasteiger partial charge is 0.0174 e. The fourth-order valence-electron chi connectivity index (χ4n) is 0.687. The lowest BCUT2D eigenvalue weighted by atomic mass is 10.5. The Hall–Kier alpha value is 0.470. The second-order valence-corrected chi connectivity index (χ2v) is 2.99. The summed E-state index contributed by atoms with van der Waals surface area (Å²) in [7, 11) is 0. The predicted octanol–water partition coefficient (Wildman–Crippen LogP) is 2.46. The van der Waals surface area contributed by atoms with Crippen molar-refractivity contribution >= 4 is 27.5 Å². The maximum Gasteiger partial charge on any atom is 0.0174 e. The van der Waals surface area contributed by atoms with Gasteiger partial charge < -0.3 is 0 Å². The molecular formula is C7H13BrClN. The van der Waals surface area contributed by atoms with E-state index in [1.54, 1.807) is 5.54 Å². The van der Waals surface area contributed by atoms with Crippen LogP contribution in [0.5, 0.6) is 0 Å². The monoisotopic (exact) mass is 225 g/mol. The minimum Gasteiger partial charge on any atom is -0.299 e. The zero-order valence-electron chi connectivity index (χ0n) is 6.19. The van der Waals surface area contributed by atoms with Crippen LogP contribution in [0, 0.1) is 0 Å². The summed E-state index contributed by atoms with van der Waals surface area (Å²) in [5, 5.41) is 1.02. The number of hydrogen-bond donors (Lipinski definition) is 0. The Labute approximate surface area is 76.2 Å². The third-order valence-electron chi connectivity index (χ3n) is 1.30. The van der Waals surface area contributed by atoms with Crippen LogP contribution in [0.4, 0.5) is 0 Å². The van der Waals surface area contributed by atoms with Gasteiger partial charge in [0.25, 0.3) is 0 Å². The van der Waals surface area contributed by atoms with E-state index in [1.165, 1.54) is 0 Å². The molecule has 0 amide bonds. The van der Waals surface area contributed by atoms with Gasteiger partial charge in [0, 0.05) is 24.0 Å². The molecule has 0 bridgehead atoms. The molecule has 1 nitrogen and oxygen atoms in total. The Morgan fingerprint density at radius 3 is 2.70 bits per heavy atom. The first-order valence-electron chi connectivity index (χ1n) is 3.38. The molecular weight excluding hydrogens is 213 g/mol. The van der Waals surface area contributed by atoms with E-state index in [1.807, 2.05) is 6.08 Å². The van der Waals surface area contributed by atoms with Crippen molar-refractivity contribution in [3.8, 4) is 0 Å². The van der Waals surface area contributed by atoms with Crippen molar-refractivity contribution in [1.29, 1.82) is 0 Å². The van der Waals surface area contributed by atoms with Crippen molar-refractivity contribution in [2.45, 2.75) is 6.92 Å². The molecule has 60 valence electrons. The summed E-state index contributed by atoms with van der Waals surface area (Å²) in [6.07, 6.45) is 1.95. The molecule has 0 unspecified atom stereocenters. The first-order valence-corrected chi connectivity index (χ1v) is 4.94. The van der Waals surface area contributed by atoms with Gasteiger partial charge in [-0.2, -0.15) is 0 Å². The number of likely N-dealkylation sites (N-methyl/N-ethyl adjacent to an activating group) is 1. The van der Waals surface area contributed by atoms with Gasteiger partial charge in [0.05, 0.1) is 0 Å². The highest BCUT2D eigenvalue weighted by molar-refractivity contribution is 9.09. The molecule has 0 heterocycles. The number of hydrogen-bond acceptors (Lipinski definition) is 1. The molecule has 0 radical (unpaired) electrons. The van der Waals surface area contributed by atoms with Crippen molar-refractivity contribution in [3.63, 3.8) is 0 Å². The van der Waals surface area contributed by atoms with Crippen molar-refractivity contribution in [1.82, 2.24) is 4.90 Å². The second kappa shape index (κ2) is 7.58. The Kier molecular flexibility index (Phi) is 7.93. The molecule has 0 saturated heterocycles. The first-order chi connectivity index (χ1) is 4.85. The average molecular weight is 227 g/mol. The third-order valence-corrected chi connectivity index (χ3v) is 1.83. The molecule has 0 rings (SSSR count). The molecule has 0 aliphatic carbocycles. The van der Waals surface area contributed by atoms with E-state index in [4.69, 9.17) is 11.6 Å². The van der Waals surface area contributed by atoms with E-state index in [0.29, 0.717) is 0 Å². The standard InChI is InChI=1S/C7H13BrClN/c1-2-10(7-4-8)6-3-5-9/h3,5H,2,4,6-7H2,1H3/b5-3+. The van der Waals surface area contributed by atoms with Crippen LogP contribution in [-0.4, -0.2) is 29.9 Å². The number of nitrogens with zero attached hydrogens (tertiary/aromatic N) is 1. The average Bonchev–Trinajstić information content (AvgIpc) is 1.98. The van der Waals surface area contributed by atoms with Gasteiger partial charge in [0.15, 0.2) is 0 Å². The Morgan fingerprint density at radius 2 is 2.30 bits per heavy atom. The van der Waals surface area contributed by atoms with Crippen LogP contribution in [-0.2, 0) is 0 Å². The minimum absolute atomic E-state index is 0.950. The zero-order chi connectivity index (χ0) is 7.82. The van der Waals surface area contributed by atoms with Crippen molar-refractivity contribution in [3.05, 3.63) is 11.6 Å². The van der Waals surface area contributed by atoms with E-state index in [2.05, 4.69) is 27.8 Å². The number of alkyl halides is 1. The Bertz CT molecular complexity index is 95.6. The molecule has 0 spiro atoms. The molecule has 0 aromatic carbocycles. The molecule has 10 heavy (non-hydrogen) atoms. The molecule has 0 aromatic rings. The Morgan fingerprint density at radius 1 is 1.60 bits per heavy atom. The van der Waals surface area contributed by atoms with E-state index < -0.39 is 0 Å². The van der Waals surface area contributed by atoms with Gasteiger partial charge in [0.1, 0.15) is 0 Å². The van der Waals surface area contributed by atoms with Crippen LogP contribution < -0.4 is 0 Å². The van der Waals surface area contributed by atoms with Crippen LogP contribution in [0.3, 0.4) is 0 Å². The highest BCUT2D eigenvalue weighted by atomic mass is 79.9. The highest BCUT2D eigenvalue weighted by Gasteiger charge is 1.95. The largest absolute Gasteiger partial charge is 0.299 e. The maximum atomic E-state index is 5.38. The summed E-state index contributed by atoms with van der Waals surface area (Å²) in [4.78, 5) is 2.30. The van der Waals surface area contributed by atoms with Crippen LogP contribution >= 0.6 is 27.5 Å². The Balaban J connectivity index is 3.39. The molecule has 0 aliphatic heterocycles. The van der Waals surface area contributed by atoms with Crippen molar-refractivity contribution in [2.24, 2.45) is 0 Å². The SMILES string of the molecule is CCN(C/C=C/Cl)CCBr. The highest BCUT2D eigenvalue weighted by Crippen LogP contribution is 1.91. The first kappa shape index (κ1) is 10.5. The summed E-state index contributed by atoms with van der Waals surface area (Å²) in [5.74, 6) is 0. The second-order valence-electron chi connectivity index (χ2n) is 1.94. The minimum atomic E-state index is 0.950. The van der Waals surface area contributed by atoms with Gasteiger partial charge in [-0.1, -0.05) is 40.5 Å². The number of rotatable bonds is 5. The van der Waals surface area contributed by atoms with Crippen molar-refractivity contribution in [2.75, 3.05) is 25.0 Å². The maximum absolute atomic E-state index is 5.38. The third kappa shape index (κ3) is 5.27. The molecule has 0 atom stereocenters. The molecule has 3 heteroatoms. The summed E-state index contributed by atoms with van der Waals surface area (Å²) >= 11 is 8.77. The van der Waals surface area contributed by atoms with Crippen molar-refractivity contribution < 1.29 is 0 Å². The quantitative estimate of drug-likeness (QED) is 0.651. The summed E-state index contributed by atoms with van der Waals surface area (Å²) < 4.78 is 0. The topological polar surface area (TPSA) is 3.24 Å². The lowest BCUT2D eigenvalue weighted by Gasteiger charge is -2.15. The predicted molar refractivity (Wildman–Crippen MR) is 50.9 cm³/mol. The molecule has 0 saturated carbocycles. The fraction of sp³-hybridized carbons (Fsp3) is 0.714.